The monoisotopic (exact) mass is 439 g/mol. The molecular formula is C27H51O4-. The van der Waals surface area contributed by atoms with Crippen LogP contribution in [-0.4, -0.2) is 18.0 Å². The lowest BCUT2D eigenvalue weighted by Crippen LogP contribution is -2.21. The molecule has 0 aliphatic carbocycles. The lowest BCUT2D eigenvalue weighted by atomic mass is 10.0. The van der Waals surface area contributed by atoms with E-state index in [0.717, 1.165) is 57.8 Å². The molecule has 4 heteroatoms. The summed E-state index contributed by atoms with van der Waals surface area (Å²) in [7, 11) is 0. The number of unbranched alkanes of at least 4 members (excludes halogenated alkanes) is 15. The smallest absolute Gasteiger partial charge is 0.306 e. The molecule has 31 heavy (non-hydrogen) atoms. The van der Waals surface area contributed by atoms with Gasteiger partial charge in [0.05, 0.1) is 0 Å². The first kappa shape index (κ1) is 29.9. The van der Waals surface area contributed by atoms with Crippen LogP contribution in [0.25, 0.3) is 0 Å². The molecule has 0 spiro atoms. The third kappa shape index (κ3) is 23.4. The molecule has 0 aromatic carbocycles. The van der Waals surface area contributed by atoms with Gasteiger partial charge in [-0.05, 0) is 44.9 Å². The quantitative estimate of drug-likeness (QED) is 0.117. The van der Waals surface area contributed by atoms with Gasteiger partial charge in [0.25, 0.3) is 0 Å². The number of hydrogen-bond acceptors (Lipinski definition) is 4. The predicted octanol–water partition coefficient (Wildman–Crippen LogP) is 7.27. The molecule has 0 aromatic rings. The second kappa shape index (κ2) is 23.6. The van der Waals surface area contributed by atoms with Gasteiger partial charge in [-0.15, -0.1) is 0 Å². The molecule has 0 bridgehead atoms. The molecule has 0 heterocycles. The molecule has 0 aliphatic heterocycles. The summed E-state index contributed by atoms with van der Waals surface area (Å²) in [6.07, 6.45) is 23.7. The molecule has 1 atom stereocenters. The molecule has 184 valence electrons. The first-order chi connectivity index (χ1) is 15.1. The van der Waals surface area contributed by atoms with Crippen molar-refractivity contribution in [3.63, 3.8) is 0 Å². The molecule has 0 fully saturated rings. The summed E-state index contributed by atoms with van der Waals surface area (Å²) in [5, 5.41) is 10.4. The van der Waals surface area contributed by atoms with Gasteiger partial charge in [-0.2, -0.15) is 0 Å². The Balaban J connectivity index is 3.89. The minimum atomic E-state index is -0.933. The van der Waals surface area contributed by atoms with E-state index in [2.05, 4.69) is 13.8 Å². The first-order valence-corrected chi connectivity index (χ1v) is 13.5. The number of esters is 1. The van der Waals surface area contributed by atoms with E-state index in [4.69, 9.17) is 4.74 Å². The number of carbonyl (C=O) groups is 2. The molecule has 1 unspecified atom stereocenters. The van der Waals surface area contributed by atoms with Crippen LogP contribution in [-0.2, 0) is 14.3 Å². The highest BCUT2D eigenvalue weighted by molar-refractivity contribution is 5.69. The maximum absolute atomic E-state index is 12.3. The summed E-state index contributed by atoms with van der Waals surface area (Å²) >= 11 is 0. The van der Waals surface area contributed by atoms with Crippen molar-refractivity contribution in [1.82, 2.24) is 0 Å². The summed E-state index contributed by atoms with van der Waals surface area (Å²) in [5.41, 5.74) is 0. The molecule has 0 radical (unpaired) electrons. The van der Waals surface area contributed by atoms with E-state index in [1.165, 1.54) is 70.6 Å². The summed E-state index contributed by atoms with van der Waals surface area (Å²) in [6, 6.07) is 0. The van der Waals surface area contributed by atoms with Crippen LogP contribution >= 0.6 is 0 Å². The summed E-state index contributed by atoms with van der Waals surface area (Å²) in [4.78, 5) is 22.7. The van der Waals surface area contributed by atoms with Gasteiger partial charge in [0, 0.05) is 12.4 Å². The van der Waals surface area contributed by atoms with Crippen LogP contribution in [0.5, 0.6) is 0 Å². The highest BCUT2D eigenvalue weighted by Crippen LogP contribution is 2.18. The third-order valence-corrected chi connectivity index (χ3v) is 6.07. The van der Waals surface area contributed by atoms with Crippen LogP contribution in [0.2, 0.25) is 0 Å². The topological polar surface area (TPSA) is 66.4 Å². The maximum Gasteiger partial charge on any atom is 0.306 e. The Morgan fingerprint density at radius 3 is 1.45 bits per heavy atom. The van der Waals surface area contributed by atoms with Crippen LogP contribution in [0.1, 0.15) is 155 Å². The second-order valence-electron chi connectivity index (χ2n) is 9.22. The van der Waals surface area contributed by atoms with Crippen LogP contribution in [0, 0.1) is 0 Å². The van der Waals surface area contributed by atoms with Gasteiger partial charge < -0.3 is 14.6 Å². The Bertz CT molecular complexity index is 408. The molecular weight excluding hydrogens is 388 g/mol. The minimum absolute atomic E-state index is 0.00699. The maximum atomic E-state index is 12.3. The fourth-order valence-corrected chi connectivity index (χ4v) is 4.06. The van der Waals surface area contributed by atoms with Crippen LogP contribution < -0.4 is 5.11 Å². The molecule has 0 N–H and O–H groups in total. The van der Waals surface area contributed by atoms with Crippen LogP contribution in [0.15, 0.2) is 0 Å². The average molecular weight is 440 g/mol. The zero-order chi connectivity index (χ0) is 23.0. The summed E-state index contributed by atoms with van der Waals surface area (Å²) in [5.74, 6) is -0.926. The van der Waals surface area contributed by atoms with Crippen molar-refractivity contribution in [3.8, 4) is 0 Å². The van der Waals surface area contributed by atoms with Crippen LogP contribution in [0.3, 0.4) is 0 Å². The lowest BCUT2D eigenvalue weighted by molar-refractivity contribution is -0.305. The Kier molecular flexibility index (Phi) is 22.8. The zero-order valence-corrected chi connectivity index (χ0v) is 20.8. The number of carbonyl (C=O) groups excluding carboxylic acids is 2. The Hall–Kier alpha value is -1.06. The Labute approximate surface area is 192 Å². The number of aliphatic carboxylic acids is 1. The van der Waals surface area contributed by atoms with E-state index in [-0.39, 0.29) is 18.5 Å². The van der Waals surface area contributed by atoms with E-state index in [0.29, 0.717) is 6.42 Å². The third-order valence-electron chi connectivity index (χ3n) is 6.07. The molecule has 0 rings (SSSR count). The minimum Gasteiger partial charge on any atom is -0.550 e. The number of rotatable bonds is 24. The van der Waals surface area contributed by atoms with Gasteiger partial charge in [-0.3, -0.25) is 4.79 Å². The number of carboxylic acids is 1. The van der Waals surface area contributed by atoms with E-state index < -0.39 is 5.97 Å². The van der Waals surface area contributed by atoms with E-state index in [9.17, 15) is 14.7 Å². The number of hydrogen-bond donors (Lipinski definition) is 0. The molecule has 0 aromatic heterocycles. The van der Waals surface area contributed by atoms with Gasteiger partial charge in [-0.25, -0.2) is 0 Å². The Morgan fingerprint density at radius 1 is 0.581 bits per heavy atom. The van der Waals surface area contributed by atoms with Crippen molar-refractivity contribution in [2.45, 2.75) is 161 Å². The summed E-state index contributed by atoms with van der Waals surface area (Å²) < 4.78 is 5.86. The molecule has 0 aliphatic rings. The standard InChI is InChI=1S/C27H52O4/c1-3-5-7-9-16-20-24-27(30)31-25(21-17-8-6-4-2)22-18-14-12-10-11-13-15-19-23-26(28)29/h25H,3-24H2,1-2H3,(H,28,29)/p-1. The second-order valence-corrected chi connectivity index (χ2v) is 9.22. The van der Waals surface area contributed by atoms with Gasteiger partial charge in [0.2, 0.25) is 0 Å². The van der Waals surface area contributed by atoms with E-state index in [1.807, 2.05) is 0 Å². The SMILES string of the molecule is CCCCCCCCC(=O)OC(CCCCCC)CCCCCCCCCCC(=O)[O-]. The Morgan fingerprint density at radius 2 is 0.968 bits per heavy atom. The fraction of sp³-hybridized carbons (Fsp3) is 0.926. The van der Waals surface area contributed by atoms with Crippen molar-refractivity contribution in [3.05, 3.63) is 0 Å². The largest absolute Gasteiger partial charge is 0.550 e. The van der Waals surface area contributed by atoms with Crippen LogP contribution in [0.4, 0.5) is 0 Å². The van der Waals surface area contributed by atoms with Gasteiger partial charge in [0.15, 0.2) is 0 Å². The van der Waals surface area contributed by atoms with Gasteiger partial charge in [-0.1, -0.05) is 104 Å². The average Bonchev–Trinajstić information content (AvgIpc) is 2.74. The lowest BCUT2D eigenvalue weighted by Gasteiger charge is -2.18. The predicted molar refractivity (Wildman–Crippen MR) is 128 cm³/mol. The van der Waals surface area contributed by atoms with Crippen molar-refractivity contribution in [1.29, 1.82) is 0 Å². The van der Waals surface area contributed by atoms with Crippen molar-refractivity contribution >= 4 is 11.9 Å². The molecule has 0 amide bonds. The van der Waals surface area contributed by atoms with Crippen molar-refractivity contribution in [2.24, 2.45) is 0 Å². The fourth-order valence-electron chi connectivity index (χ4n) is 4.06. The number of carboxylic acid groups (broad SMARTS) is 1. The zero-order valence-electron chi connectivity index (χ0n) is 20.8. The molecule has 4 nitrogen and oxygen atoms in total. The normalized spacial score (nSPS) is 12.1. The first-order valence-electron chi connectivity index (χ1n) is 13.5. The van der Waals surface area contributed by atoms with Gasteiger partial charge in [0.1, 0.15) is 6.10 Å². The highest BCUT2D eigenvalue weighted by atomic mass is 16.5. The van der Waals surface area contributed by atoms with E-state index >= 15 is 0 Å². The summed E-state index contributed by atoms with van der Waals surface area (Å²) in [6.45, 7) is 4.45. The van der Waals surface area contributed by atoms with Gasteiger partial charge >= 0.3 is 5.97 Å². The number of ether oxygens (including phenoxy) is 1. The molecule has 0 saturated heterocycles. The van der Waals surface area contributed by atoms with E-state index in [1.54, 1.807) is 0 Å². The van der Waals surface area contributed by atoms with Crippen molar-refractivity contribution < 1.29 is 19.4 Å². The van der Waals surface area contributed by atoms with Crippen molar-refractivity contribution in [2.75, 3.05) is 0 Å². The highest BCUT2D eigenvalue weighted by Gasteiger charge is 2.14. The molecule has 0 saturated carbocycles.